The van der Waals surface area contributed by atoms with Crippen molar-refractivity contribution < 1.29 is 9.18 Å². The lowest BCUT2D eigenvalue weighted by atomic mass is 10.1. The fourth-order valence-electron chi connectivity index (χ4n) is 3.26. The normalized spacial score (nSPS) is 14.4. The summed E-state index contributed by atoms with van der Waals surface area (Å²) in [5.74, 6) is -0.0493. The molecule has 2 heterocycles. The standard InChI is InChI=1S/C19H18FN3OS2/c1-11(12-5-7-13(20)8-6-12)23-16(24)9-25-18-17-14-3-2-4-15(14)26-19(17)22-10-21-18/h5-8,10-11H,2-4,9H2,1H3,(H,23,24)/t11-/m1/s1. The molecule has 0 fully saturated rings. The number of hydrogen-bond acceptors (Lipinski definition) is 5. The van der Waals surface area contributed by atoms with Crippen LogP contribution in [0, 0.1) is 5.82 Å². The highest BCUT2D eigenvalue weighted by Crippen LogP contribution is 2.39. The van der Waals surface area contributed by atoms with Gasteiger partial charge in [-0.3, -0.25) is 4.79 Å². The molecule has 4 rings (SSSR count). The van der Waals surface area contributed by atoms with Crippen LogP contribution in [0.1, 0.15) is 35.4 Å². The lowest BCUT2D eigenvalue weighted by Crippen LogP contribution is -2.28. The molecule has 1 N–H and O–H groups in total. The van der Waals surface area contributed by atoms with E-state index in [1.165, 1.54) is 40.8 Å². The van der Waals surface area contributed by atoms with Gasteiger partial charge in [0, 0.05) is 10.3 Å². The van der Waals surface area contributed by atoms with Crippen molar-refractivity contribution in [1.82, 2.24) is 15.3 Å². The molecule has 0 aliphatic heterocycles. The second-order valence-electron chi connectivity index (χ2n) is 6.35. The Labute approximate surface area is 159 Å². The highest BCUT2D eigenvalue weighted by Gasteiger charge is 2.21. The summed E-state index contributed by atoms with van der Waals surface area (Å²) in [4.78, 5) is 23.6. The zero-order valence-electron chi connectivity index (χ0n) is 14.3. The number of hydrogen-bond donors (Lipinski definition) is 1. The Morgan fingerprint density at radius 3 is 2.92 bits per heavy atom. The topological polar surface area (TPSA) is 54.9 Å². The predicted molar refractivity (Wildman–Crippen MR) is 103 cm³/mol. The number of halogens is 1. The zero-order valence-corrected chi connectivity index (χ0v) is 15.9. The third-order valence-electron chi connectivity index (χ3n) is 4.55. The lowest BCUT2D eigenvalue weighted by Gasteiger charge is -2.14. The number of thioether (sulfide) groups is 1. The quantitative estimate of drug-likeness (QED) is 0.524. The smallest absolute Gasteiger partial charge is 0.230 e. The molecule has 0 unspecified atom stereocenters. The van der Waals surface area contributed by atoms with Crippen LogP contribution < -0.4 is 5.32 Å². The first-order chi connectivity index (χ1) is 12.6. The second kappa shape index (κ2) is 7.32. The number of amides is 1. The van der Waals surface area contributed by atoms with Crippen LogP contribution in [0.15, 0.2) is 35.6 Å². The van der Waals surface area contributed by atoms with Gasteiger partial charge in [0.25, 0.3) is 0 Å². The van der Waals surface area contributed by atoms with Crippen molar-refractivity contribution in [3.63, 3.8) is 0 Å². The molecule has 0 saturated carbocycles. The molecular weight excluding hydrogens is 369 g/mol. The number of benzene rings is 1. The number of carbonyl (C=O) groups excluding carboxylic acids is 1. The Kier molecular flexibility index (Phi) is 4.91. The van der Waals surface area contributed by atoms with Gasteiger partial charge in [-0.15, -0.1) is 11.3 Å². The number of thiophene rings is 1. The molecule has 26 heavy (non-hydrogen) atoms. The molecule has 1 aliphatic carbocycles. The molecule has 4 nitrogen and oxygen atoms in total. The van der Waals surface area contributed by atoms with Crippen LogP contribution in [-0.2, 0) is 17.6 Å². The van der Waals surface area contributed by atoms with Gasteiger partial charge in [0.05, 0.1) is 11.8 Å². The van der Waals surface area contributed by atoms with Gasteiger partial charge in [-0.05, 0) is 49.4 Å². The molecule has 0 radical (unpaired) electrons. The molecular formula is C19H18FN3OS2. The van der Waals surface area contributed by atoms with Crippen LogP contribution in [0.2, 0.25) is 0 Å². The SMILES string of the molecule is C[C@@H](NC(=O)CSc1ncnc2sc3c(c12)CCC3)c1ccc(F)cc1. The maximum absolute atomic E-state index is 13.0. The minimum absolute atomic E-state index is 0.0644. The Hall–Kier alpha value is -1.99. The fraction of sp³-hybridized carbons (Fsp3) is 0.316. The highest BCUT2D eigenvalue weighted by atomic mass is 32.2. The monoisotopic (exact) mass is 387 g/mol. The summed E-state index contributed by atoms with van der Waals surface area (Å²) in [7, 11) is 0. The highest BCUT2D eigenvalue weighted by molar-refractivity contribution is 8.00. The number of aromatic nitrogens is 2. The van der Waals surface area contributed by atoms with E-state index in [0.717, 1.165) is 33.6 Å². The van der Waals surface area contributed by atoms with Gasteiger partial charge in [-0.2, -0.15) is 0 Å². The maximum atomic E-state index is 13.0. The third-order valence-corrected chi connectivity index (χ3v) is 6.74. The summed E-state index contributed by atoms with van der Waals surface area (Å²) in [5, 5.41) is 4.98. The molecule has 3 aromatic rings. The first-order valence-electron chi connectivity index (χ1n) is 8.54. The summed E-state index contributed by atoms with van der Waals surface area (Å²) in [6.07, 6.45) is 4.96. The van der Waals surface area contributed by atoms with Crippen LogP contribution in [0.25, 0.3) is 10.2 Å². The van der Waals surface area contributed by atoms with Crippen molar-refractivity contribution in [2.24, 2.45) is 0 Å². The van der Waals surface area contributed by atoms with Gasteiger partial charge in [0.1, 0.15) is 22.0 Å². The maximum Gasteiger partial charge on any atom is 0.230 e. The molecule has 7 heteroatoms. The van der Waals surface area contributed by atoms with Crippen molar-refractivity contribution in [3.8, 4) is 0 Å². The average Bonchev–Trinajstić information content (AvgIpc) is 3.21. The largest absolute Gasteiger partial charge is 0.349 e. The minimum Gasteiger partial charge on any atom is -0.349 e. The number of nitrogens with one attached hydrogen (secondary N) is 1. The Morgan fingerprint density at radius 2 is 2.12 bits per heavy atom. The van der Waals surface area contributed by atoms with E-state index in [-0.39, 0.29) is 17.8 Å². The van der Waals surface area contributed by atoms with E-state index in [9.17, 15) is 9.18 Å². The van der Waals surface area contributed by atoms with Crippen LogP contribution in [0.4, 0.5) is 4.39 Å². The van der Waals surface area contributed by atoms with Gasteiger partial charge in [0.15, 0.2) is 0 Å². The van der Waals surface area contributed by atoms with Crippen molar-refractivity contribution >= 4 is 39.2 Å². The molecule has 1 aliphatic rings. The molecule has 1 aromatic carbocycles. The van der Waals surface area contributed by atoms with E-state index in [1.54, 1.807) is 29.8 Å². The van der Waals surface area contributed by atoms with Gasteiger partial charge in [0.2, 0.25) is 5.91 Å². The first kappa shape index (κ1) is 17.4. The van der Waals surface area contributed by atoms with Crippen molar-refractivity contribution in [3.05, 3.63) is 52.4 Å². The molecule has 0 bridgehead atoms. The van der Waals surface area contributed by atoms with Crippen LogP contribution in [0.5, 0.6) is 0 Å². The van der Waals surface area contributed by atoms with Crippen LogP contribution >= 0.6 is 23.1 Å². The molecule has 0 spiro atoms. The Bertz CT molecular complexity index is 955. The van der Waals surface area contributed by atoms with E-state index < -0.39 is 0 Å². The summed E-state index contributed by atoms with van der Waals surface area (Å²) < 4.78 is 13.0. The third kappa shape index (κ3) is 3.46. The van der Waals surface area contributed by atoms with Crippen LogP contribution in [-0.4, -0.2) is 21.6 Å². The number of fused-ring (bicyclic) bond motifs is 3. The lowest BCUT2D eigenvalue weighted by molar-refractivity contribution is -0.119. The van der Waals surface area contributed by atoms with Gasteiger partial charge < -0.3 is 5.32 Å². The number of rotatable bonds is 5. The Morgan fingerprint density at radius 1 is 1.31 bits per heavy atom. The summed E-state index contributed by atoms with van der Waals surface area (Å²) in [5.41, 5.74) is 2.25. The number of nitrogens with zero attached hydrogens (tertiary/aromatic N) is 2. The fourth-order valence-corrected chi connectivity index (χ4v) is 5.39. The number of carbonyl (C=O) groups is 1. The minimum atomic E-state index is -0.279. The van der Waals surface area contributed by atoms with E-state index in [0.29, 0.717) is 5.75 Å². The zero-order chi connectivity index (χ0) is 18.1. The Balaban J connectivity index is 1.43. The van der Waals surface area contributed by atoms with Gasteiger partial charge >= 0.3 is 0 Å². The van der Waals surface area contributed by atoms with Gasteiger partial charge in [-0.25, -0.2) is 14.4 Å². The van der Waals surface area contributed by atoms with Crippen LogP contribution in [0.3, 0.4) is 0 Å². The molecule has 134 valence electrons. The molecule has 1 amide bonds. The van der Waals surface area contributed by atoms with E-state index in [4.69, 9.17) is 0 Å². The molecule has 2 aromatic heterocycles. The predicted octanol–water partition coefficient (Wildman–Crippen LogP) is 4.29. The molecule has 0 saturated heterocycles. The van der Waals surface area contributed by atoms with E-state index >= 15 is 0 Å². The second-order valence-corrected chi connectivity index (χ2v) is 8.39. The van der Waals surface area contributed by atoms with Crippen molar-refractivity contribution in [1.29, 1.82) is 0 Å². The van der Waals surface area contributed by atoms with E-state index in [1.807, 2.05) is 6.92 Å². The first-order valence-corrected chi connectivity index (χ1v) is 10.3. The van der Waals surface area contributed by atoms with E-state index in [2.05, 4.69) is 15.3 Å². The summed E-state index contributed by atoms with van der Waals surface area (Å²) >= 11 is 3.20. The average molecular weight is 388 g/mol. The van der Waals surface area contributed by atoms with Crippen molar-refractivity contribution in [2.45, 2.75) is 37.3 Å². The number of aryl methyl sites for hydroxylation is 2. The van der Waals surface area contributed by atoms with Gasteiger partial charge in [-0.1, -0.05) is 23.9 Å². The summed E-state index contributed by atoms with van der Waals surface area (Å²) in [6.45, 7) is 1.89. The summed E-state index contributed by atoms with van der Waals surface area (Å²) in [6, 6.07) is 6.02. The van der Waals surface area contributed by atoms with Crippen molar-refractivity contribution in [2.75, 3.05) is 5.75 Å². The molecule has 1 atom stereocenters.